The first kappa shape index (κ1) is 17.3. The molecule has 1 heterocycles. The van der Waals surface area contributed by atoms with Crippen LogP contribution in [0.4, 0.5) is 15.8 Å². The maximum atomic E-state index is 13.7. The minimum absolute atomic E-state index is 0.0668. The van der Waals surface area contributed by atoms with E-state index in [4.69, 9.17) is 4.74 Å². The number of aryl methyl sites for hydroxylation is 1. The zero-order chi connectivity index (χ0) is 17.6. The maximum Gasteiger partial charge on any atom is 0.224 e. The van der Waals surface area contributed by atoms with E-state index in [0.29, 0.717) is 12.8 Å². The Morgan fingerprint density at radius 2 is 1.96 bits per heavy atom. The Morgan fingerprint density at radius 1 is 1.20 bits per heavy atom. The van der Waals surface area contributed by atoms with Gasteiger partial charge in [0.1, 0.15) is 0 Å². The van der Waals surface area contributed by atoms with Crippen molar-refractivity contribution in [2.24, 2.45) is 0 Å². The van der Waals surface area contributed by atoms with Crippen molar-refractivity contribution in [3.63, 3.8) is 0 Å². The minimum Gasteiger partial charge on any atom is -0.494 e. The number of nitrogens with one attached hydrogen (secondary N) is 1. The van der Waals surface area contributed by atoms with E-state index in [2.05, 4.69) is 10.2 Å². The number of rotatable bonds is 6. The lowest BCUT2D eigenvalue weighted by Gasteiger charge is -2.21. The van der Waals surface area contributed by atoms with Crippen LogP contribution < -0.4 is 15.0 Å². The van der Waals surface area contributed by atoms with Gasteiger partial charge < -0.3 is 15.0 Å². The lowest BCUT2D eigenvalue weighted by Crippen LogP contribution is -2.21. The molecular weight excluding hydrogens is 319 g/mol. The molecule has 2 aromatic carbocycles. The van der Waals surface area contributed by atoms with Crippen LogP contribution in [0.1, 0.15) is 24.8 Å². The van der Waals surface area contributed by atoms with Crippen LogP contribution in [0, 0.1) is 5.82 Å². The van der Waals surface area contributed by atoms with Gasteiger partial charge in [0, 0.05) is 19.5 Å². The maximum absolute atomic E-state index is 13.7. The zero-order valence-corrected chi connectivity index (χ0v) is 14.4. The Kier molecular flexibility index (Phi) is 5.53. The van der Waals surface area contributed by atoms with Crippen molar-refractivity contribution in [2.45, 2.75) is 25.7 Å². The second-order valence-corrected chi connectivity index (χ2v) is 6.23. The minimum atomic E-state index is -0.403. The van der Waals surface area contributed by atoms with Gasteiger partial charge in [-0.3, -0.25) is 4.79 Å². The number of carbonyl (C=O) groups is 1. The van der Waals surface area contributed by atoms with Crippen LogP contribution in [0.2, 0.25) is 0 Å². The molecule has 2 aromatic rings. The summed E-state index contributed by atoms with van der Waals surface area (Å²) in [5.74, 6) is -0.254. The predicted molar refractivity (Wildman–Crippen MR) is 97.8 cm³/mol. The van der Waals surface area contributed by atoms with Crippen LogP contribution in [0.3, 0.4) is 0 Å². The van der Waals surface area contributed by atoms with E-state index in [1.807, 2.05) is 24.3 Å². The van der Waals surface area contributed by atoms with Gasteiger partial charge in [-0.1, -0.05) is 18.2 Å². The summed E-state index contributed by atoms with van der Waals surface area (Å²) in [6.45, 7) is 2.05. The van der Waals surface area contributed by atoms with Crippen molar-refractivity contribution in [3.05, 3.63) is 53.8 Å². The summed E-state index contributed by atoms with van der Waals surface area (Å²) in [5.41, 5.74) is 2.69. The normalized spacial score (nSPS) is 13.8. The summed E-state index contributed by atoms with van der Waals surface area (Å²) < 4.78 is 18.6. The summed E-state index contributed by atoms with van der Waals surface area (Å²) >= 11 is 0. The molecule has 0 radical (unpaired) electrons. The van der Waals surface area contributed by atoms with Crippen LogP contribution in [0.5, 0.6) is 5.75 Å². The number of para-hydroxylation sites is 2. The van der Waals surface area contributed by atoms with Gasteiger partial charge in [-0.15, -0.1) is 0 Å². The lowest BCUT2D eigenvalue weighted by atomic mass is 10.1. The standard InChI is InChI=1S/C20H23FN2O2/c1-25-19-10-8-15(14-16(19)21)9-11-20(24)22-17-6-2-3-7-18(17)23-12-4-5-13-23/h2-3,6-8,10,14H,4-5,9,11-13H2,1H3,(H,22,24). The Morgan fingerprint density at radius 3 is 2.68 bits per heavy atom. The number of halogens is 1. The number of ether oxygens (including phenoxy) is 1. The molecule has 1 aliphatic rings. The lowest BCUT2D eigenvalue weighted by molar-refractivity contribution is -0.116. The number of anilines is 2. The fourth-order valence-electron chi connectivity index (χ4n) is 3.15. The van der Waals surface area contributed by atoms with Crippen molar-refractivity contribution < 1.29 is 13.9 Å². The Hall–Kier alpha value is -2.56. The quantitative estimate of drug-likeness (QED) is 0.862. The molecule has 5 heteroatoms. The van der Waals surface area contributed by atoms with Crippen LogP contribution in [-0.2, 0) is 11.2 Å². The highest BCUT2D eigenvalue weighted by Crippen LogP contribution is 2.28. The van der Waals surface area contributed by atoms with E-state index >= 15 is 0 Å². The SMILES string of the molecule is COc1ccc(CCC(=O)Nc2ccccc2N2CCCC2)cc1F. The van der Waals surface area contributed by atoms with E-state index in [1.54, 1.807) is 12.1 Å². The number of amides is 1. The first-order valence-corrected chi connectivity index (χ1v) is 8.63. The van der Waals surface area contributed by atoms with Crippen LogP contribution in [0.15, 0.2) is 42.5 Å². The first-order chi connectivity index (χ1) is 12.2. The number of carbonyl (C=O) groups excluding carboxylic acids is 1. The molecule has 1 aliphatic heterocycles. The number of hydrogen-bond donors (Lipinski definition) is 1. The molecule has 132 valence electrons. The first-order valence-electron chi connectivity index (χ1n) is 8.63. The molecule has 0 atom stereocenters. The molecule has 0 saturated carbocycles. The van der Waals surface area contributed by atoms with Crippen molar-refractivity contribution >= 4 is 17.3 Å². The molecule has 25 heavy (non-hydrogen) atoms. The summed E-state index contributed by atoms with van der Waals surface area (Å²) in [5, 5.41) is 3.00. The Labute approximate surface area is 147 Å². The fourth-order valence-corrected chi connectivity index (χ4v) is 3.15. The molecule has 0 aliphatic carbocycles. The molecule has 0 aromatic heterocycles. The number of methoxy groups -OCH3 is 1. The van der Waals surface area contributed by atoms with Gasteiger partial charge in [-0.25, -0.2) is 4.39 Å². The van der Waals surface area contributed by atoms with E-state index in [-0.39, 0.29) is 11.7 Å². The summed E-state index contributed by atoms with van der Waals surface area (Å²) in [7, 11) is 1.43. The average molecular weight is 342 g/mol. The molecule has 1 fully saturated rings. The zero-order valence-electron chi connectivity index (χ0n) is 14.4. The monoisotopic (exact) mass is 342 g/mol. The highest BCUT2D eigenvalue weighted by atomic mass is 19.1. The van der Waals surface area contributed by atoms with Gasteiger partial charge in [-0.2, -0.15) is 0 Å². The van der Waals surface area contributed by atoms with Gasteiger partial charge in [0.15, 0.2) is 11.6 Å². The molecule has 1 saturated heterocycles. The van der Waals surface area contributed by atoms with Gasteiger partial charge in [-0.05, 0) is 49.1 Å². The predicted octanol–water partition coefficient (Wildman–Crippen LogP) is 4.01. The van der Waals surface area contributed by atoms with E-state index in [1.165, 1.54) is 26.0 Å². The molecule has 1 N–H and O–H groups in total. The Balaban J connectivity index is 1.60. The third-order valence-electron chi connectivity index (χ3n) is 4.48. The summed E-state index contributed by atoms with van der Waals surface area (Å²) in [4.78, 5) is 14.6. The smallest absolute Gasteiger partial charge is 0.224 e. The van der Waals surface area contributed by atoms with Crippen molar-refractivity contribution in [1.82, 2.24) is 0 Å². The third kappa shape index (κ3) is 4.29. The van der Waals surface area contributed by atoms with Gasteiger partial charge >= 0.3 is 0 Å². The van der Waals surface area contributed by atoms with Gasteiger partial charge in [0.05, 0.1) is 18.5 Å². The third-order valence-corrected chi connectivity index (χ3v) is 4.48. The molecule has 0 spiro atoms. The molecule has 3 rings (SSSR count). The molecular formula is C20H23FN2O2. The van der Waals surface area contributed by atoms with Gasteiger partial charge in [0.2, 0.25) is 5.91 Å². The number of nitrogens with zero attached hydrogens (tertiary/aromatic N) is 1. The molecule has 0 unspecified atom stereocenters. The van der Waals surface area contributed by atoms with E-state index in [0.717, 1.165) is 30.0 Å². The van der Waals surface area contributed by atoms with Crippen molar-refractivity contribution in [3.8, 4) is 5.75 Å². The highest BCUT2D eigenvalue weighted by Gasteiger charge is 2.16. The Bertz CT molecular complexity index is 742. The largest absolute Gasteiger partial charge is 0.494 e. The summed E-state index contributed by atoms with van der Waals surface area (Å²) in [6, 6.07) is 12.7. The number of hydrogen-bond acceptors (Lipinski definition) is 3. The average Bonchev–Trinajstić information content (AvgIpc) is 3.15. The molecule has 1 amide bonds. The number of benzene rings is 2. The molecule has 0 bridgehead atoms. The van der Waals surface area contributed by atoms with Crippen molar-refractivity contribution in [1.29, 1.82) is 0 Å². The van der Waals surface area contributed by atoms with Crippen molar-refractivity contribution in [2.75, 3.05) is 30.4 Å². The van der Waals surface area contributed by atoms with Crippen LogP contribution in [0.25, 0.3) is 0 Å². The molecule has 4 nitrogen and oxygen atoms in total. The van der Waals surface area contributed by atoms with E-state index < -0.39 is 5.82 Å². The van der Waals surface area contributed by atoms with Crippen LogP contribution >= 0.6 is 0 Å². The summed E-state index contributed by atoms with van der Waals surface area (Å²) in [6.07, 6.45) is 3.16. The van der Waals surface area contributed by atoms with Gasteiger partial charge in [0.25, 0.3) is 0 Å². The highest BCUT2D eigenvalue weighted by molar-refractivity contribution is 5.94. The fraction of sp³-hybridized carbons (Fsp3) is 0.350. The second kappa shape index (κ2) is 8.01. The topological polar surface area (TPSA) is 41.6 Å². The van der Waals surface area contributed by atoms with E-state index in [9.17, 15) is 9.18 Å². The van der Waals surface area contributed by atoms with Crippen LogP contribution in [-0.4, -0.2) is 26.1 Å². The second-order valence-electron chi connectivity index (χ2n) is 6.23.